The Balaban J connectivity index is 1.38. The van der Waals surface area contributed by atoms with Gasteiger partial charge in [-0.25, -0.2) is 4.98 Å². The van der Waals surface area contributed by atoms with Crippen LogP contribution in [0.3, 0.4) is 0 Å². The number of hydrogen-bond acceptors (Lipinski definition) is 6. The molecule has 3 N–H and O–H groups in total. The van der Waals surface area contributed by atoms with Gasteiger partial charge in [-0.05, 0) is 76.3 Å². The van der Waals surface area contributed by atoms with Gasteiger partial charge in [-0.2, -0.15) is 4.98 Å². The lowest BCUT2D eigenvalue weighted by molar-refractivity contribution is -0.136. The molecule has 0 bridgehead atoms. The van der Waals surface area contributed by atoms with Gasteiger partial charge in [0.15, 0.2) is 0 Å². The summed E-state index contributed by atoms with van der Waals surface area (Å²) >= 11 is 0. The van der Waals surface area contributed by atoms with Crippen LogP contribution in [-0.2, 0) is 4.79 Å². The normalized spacial score (nSPS) is 26.8. The molecule has 2 atom stereocenters. The smallest absolute Gasteiger partial charge is 0.227 e. The van der Waals surface area contributed by atoms with E-state index in [2.05, 4.69) is 40.1 Å². The van der Waals surface area contributed by atoms with E-state index in [1.165, 1.54) is 5.56 Å². The molecule has 5 rings (SSSR count). The van der Waals surface area contributed by atoms with Crippen LogP contribution < -0.4 is 10.6 Å². The van der Waals surface area contributed by atoms with Crippen molar-refractivity contribution in [3.05, 3.63) is 18.0 Å². The summed E-state index contributed by atoms with van der Waals surface area (Å²) < 4.78 is 2.37. The topological polar surface area (TPSA) is 95.3 Å². The van der Waals surface area contributed by atoms with Gasteiger partial charge >= 0.3 is 0 Å². The Labute approximate surface area is 208 Å². The number of amides is 1. The first kappa shape index (κ1) is 24.5. The van der Waals surface area contributed by atoms with E-state index in [4.69, 9.17) is 9.97 Å². The number of piperidine rings is 1. The lowest BCUT2D eigenvalue weighted by Gasteiger charge is -2.33. The molecule has 0 spiro atoms. The fourth-order valence-electron chi connectivity index (χ4n) is 6.32. The van der Waals surface area contributed by atoms with Crippen LogP contribution >= 0.6 is 0 Å². The largest absolute Gasteiger partial charge is 0.393 e. The number of carbonyl (C=O) groups is 1. The number of carbonyl (C=O) groups excluding carboxylic acids is 1. The Morgan fingerprint density at radius 1 is 1.20 bits per heavy atom. The van der Waals surface area contributed by atoms with Gasteiger partial charge in [0.25, 0.3) is 0 Å². The molecule has 2 aromatic rings. The van der Waals surface area contributed by atoms with Crippen molar-refractivity contribution < 1.29 is 9.90 Å². The minimum Gasteiger partial charge on any atom is -0.393 e. The fraction of sp³-hybridized carbons (Fsp3) is 0.741. The summed E-state index contributed by atoms with van der Waals surface area (Å²) in [7, 11) is 0. The SMILES string of the molecule is CCC[C@H](C)Nc1ncc2c(C3CCN(C(=O)C4CCNC4)CC3)cn(C3CCC(O)CC3)c2n1. The van der Waals surface area contributed by atoms with E-state index in [9.17, 15) is 9.90 Å². The Kier molecular flexibility index (Phi) is 7.58. The second-order valence-electron chi connectivity index (χ2n) is 11.0. The molecule has 1 amide bonds. The van der Waals surface area contributed by atoms with E-state index in [-0.39, 0.29) is 12.0 Å². The summed E-state index contributed by atoms with van der Waals surface area (Å²) in [4.78, 5) is 24.7. The third-order valence-electron chi connectivity index (χ3n) is 8.42. The zero-order valence-electron chi connectivity index (χ0n) is 21.4. The molecule has 1 saturated carbocycles. The van der Waals surface area contributed by atoms with Crippen molar-refractivity contribution in [2.75, 3.05) is 31.5 Å². The summed E-state index contributed by atoms with van der Waals surface area (Å²) in [6.07, 6.45) is 13.0. The van der Waals surface area contributed by atoms with Gasteiger partial charge < -0.3 is 25.2 Å². The van der Waals surface area contributed by atoms with E-state index < -0.39 is 0 Å². The minimum absolute atomic E-state index is 0.157. The van der Waals surface area contributed by atoms with Crippen molar-refractivity contribution in [1.82, 2.24) is 24.8 Å². The van der Waals surface area contributed by atoms with Crippen molar-refractivity contribution >= 4 is 22.9 Å². The summed E-state index contributed by atoms with van der Waals surface area (Å²) in [6, 6.07) is 0.698. The first-order chi connectivity index (χ1) is 17.0. The molecular formula is C27H42N6O2. The van der Waals surface area contributed by atoms with Gasteiger partial charge in [-0.3, -0.25) is 4.79 Å². The number of aromatic nitrogens is 3. The van der Waals surface area contributed by atoms with Crippen LogP contribution in [0.4, 0.5) is 5.95 Å². The van der Waals surface area contributed by atoms with Gasteiger partial charge in [0, 0.05) is 49.5 Å². The van der Waals surface area contributed by atoms with E-state index in [1.807, 2.05) is 6.20 Å². The van der Waals surface area contributed by atoms with E-state index in [0.29, 0.717) is 29.9 Å². The van der Waals surface area contributed by atoms with Crippen LogP contribution in [0.1, 0.15) is 89.2 Å². The quantitative estimate of drug-likeness (QED) is 0.555. The minimum atomic E-state index is -0.175. The number of nitrogens with one attached hydrogen (secondary N) is 2. The van der Waals surface area contributed by atoms with Crippen LogP contribution in [0.15, 0.2) is 12.4 Å². The number of likely N-dealkylation sites (tertiary alicyclic amines) is 1. The number of aliphatic hydroxyl groups is 1. The summed E-state index contributed by atoms with van der Waals surface area (Å²) in [5.74, 6) is 1.60. The molecular weight excluding hydrogens is 440 g/mol. The molecule has 1 unspecified atom stereocenters. The highest BCUT2D eigenvalue weighted by Crippen LogP contribution is 2.38. The molecule has 2 saturated heterocycles. The van der Waals surface area contributed by atoms with Crippen molar-refractivity contribution in [2.24, 2.45) is 5.92 Å². The third kappa shape index (κ3) is 5.33. The molecule has 1 aliphatic carbocycles. The van der Waals surface area contributed by atoms with Crippen LogP contribution in [-0.4, -0.2) is 68.8 Å². The first-order valence-corrected chi connectivity index (χ1v) is 13.8. The molecule has 8 nitrogen and oxygen atoms in total. The second-order valence-corrected chi connectivity index (χ2v) is 11.0. The molecule has 192 valence electrons. The molecule has 0 radical (unpaired) electrons. The van der Waals surface area contributed by atoms with E-state index in [1.54, 1.807) is 0 Å². The number of fused-ring (bicyclic) bond motifs is 1. The maximum absolute atomic E-state index is 12.9. The maximum Gasteiger partial charge on any atom is 0.227 e. The Hall–Kier alpha value is -2.19. The molecule has 3 fully saturated rings. The molecule has 35 heavy (non-hydrogen) atoms. The third-order valence-corrected chi connectivity index (χ3v) is 8.42. The summed E-state index contributed by atoms with van der Waals surface area (Å²) in [6.45, 7) is 7.82. The van der Waals surface area contributed by atoms with Crippen molar-refractivity contribution in [1.29, 1.82) is 0 Å². The molecule has 4 heterocycles. The van der Waals surface area contributed by atoms with Crippen LogP contribution in [0, 0.1) is 5.92 Å². The summed E-state index contributed by atoms with van der Waals surface area (Å²) in [5.41, 5.74) is 2.34. The zero-order valence-corrected chi connectivity index (χ0v) is 21.4. The zero-order chi connectivity index (χ0) is 24.4. The van der Waals surface area contributed by atoms with Gasteiger partial charge in [0.2, 0.25) is 11.9 Å². The maximum atomic E-state index is 12.9. The van der Waals surface area contributed by atoms with E-state index in [0.717, 1.165) is 95.0 Å². The second kappa shape index (κ2) is 10.8. The number of nitrogens with zero attached hydrogens (tertiary/aromatic N) is 4. The van der Waals surface area contributed by atoms with Gasteiger partial charge in [0.05, 0.1) is 12.0 Å². The van der Waals surface area contributed by atoms with Crippen molar-refractivity contribution in [3.63, 3.8) is 0 Å². The fourth-order valence-corrected chi connectivity index (χ4v) is 6.32. The van der Waals surface area contributed by atoms with Crippen LogP contribution in [0.5, 0.6) is 0 Å². The Morgan fingerprint density at radius 2 is 1.97 bits per heavy atom. The summed E-state index contributed by atoms with van der Waals surface area (Å²) in [5, 5.41) is 18.0. The van der Waals surface area contributed by atoms with Gasteiger partial charge in [-0.1, -0.05) is 13.3 Å². The number of hydrogen-bond donors (Lipinski definition) is 3. The highest BCUT2D eigenvalue weighted by molar-refractivity contribution is 5.82. The van der Waals surface area contributed by atoms with E-state index >= 15 is 0 Å². The molecule has 8 heteroatoms. The highest BCUT2D eigenvalue weighted by atomic mass is 16.3. The highest BCUT2D eigenvalue weighted by Gasteiger charge is 2.32. The molecule has 3 aliphatic rings. The Morgan fingerprint density at radius 3 is 2.66 bits per heavy atom. The van der Waals surface area contributed by atoms with Crippen molar-refractivity contribution in [2.45, 2.75) is 95.7 Å². The monoisotopic (exact) mass is 482 g/mol. The lowest BCUT2D eigenvalue weighted by atomic mass is 9.89. The Bertz CT molecular complexity index is 1000. The number of aliphatic hydroxyl groups excluding tert-OH is 1. The van der Waals surface area contributed by atoms with Gasteiger partial charge in [-0.15, -0.1) is 0 Å². The predicted octanol–water partition coefficient (Wildman–Crippen LogP) is 3.82. The average Bonchev–Trinajstić information content (AvgIpc) is 3.53. The first-order valence-electron chi connectivity index (χ1n) is 13.8. The standard InChI is InChI=1S/C27H42N6O2/c1-3-4-18(2)30-27-29-16-23-24(17-33(25(23)31-27)21-5-7-22(34)8-6-21)19-10-13-32(14-11-19)26(35)20-9-12-28-15-20/h16-22,28,34H,3-15H2,1-2H3,(H,29,30,31)/t18-,20?,21?,22?/m0/s1. The number of rotatable bonds is 7. The predicted molar refractivity (Wildman–Crippen MR) is 139 cm³/mol. The number of anilines is 1. The lowest BCUT2D eigenvalue weighted by Crippen LogP contribution is -2.41. The van der Waals surface area contributed by atoms with Crippen LogP contribution in [0.25, 0.3) is 11.0 Å². The average molecular weight is 483 g/mol. The molecule has 2 aliphatic heterocycles. The van der Waals surface area contributed by atoms with Gasteiger partial charge in [0.1, 0.15) is 5.65 Å². The van der Waals surface area contributed by atoms with Crippen molar-refractivity contribution in [3.8, 4) is 0 Å². The molecule has 2 aromatic heterocycles. The van der Waals surface area contributed by atoms with Crippen LogP contribution in [0.2, 0.25) is 0 Å². The molecule has 0 aromatic carbocycles.